The van der Waals surface area contributed by atoms with Gasteiger partial charge in [0.2, 0.25) is 5.91 Å². The lowest BCUT2D eigenvalue weighted by atomic mass is 9.88. The van der Waals surface area contributed by atoms with Crippen LogP contribution in [0.4, 0.5) is 0 Å². The normalized spacial score (nSPS) is 16.4. The number of hydrogen-bond acceptors (Lipinski definition) is 2. The average molecular weight is 256 g/mol. The molecule has 0 spiro atoms. The fourth-order valence-corrected chi connectivity index (χ4v) is 2.52. The Labute approximate surface area is 113 Å². The maximum Gasteiger partial charge on any atom is 0.240 e. The van der Waals surface area contributed by atoms with Crippen molar-refractivity contribution in [3.05, 3.63) is 0 Å². The van der Waals surface area contributed by atoms with Gasteiger partial charge in [0.1, 0.15) is 0 Å². The van der Waals surface area contributed by atoms with Gasteiger partial charge in [0.15, 0.2) is 0 Å². The fraction of sp³-hybridized carbons (Fsp3) is 0.933. The summed E-state index contributed by atoms with van der Waals surface area (Å²) in [6.45, 7) is 13.5. The quantitative estimate of drug-likeness (QED) is 0.665. The first-order valence-corrected chi connectivity index (χ1v) is 7.41. The summed E-state index contributed by atoms with van der Waals surface area (Å²) in [5.41, 5.74) is -0.447. The molecule has 2 unspecified atom stereocenters. The maximum atomic E-state index is 12.3. The predicted molar refractivity (Wildman–Crippen MR) is 78.7 cm³/mol. The van der Waals surface area contributed by atoms with Crippen LogP contribution in [-0.4, -0.2) is 24.0 Å². The number of amides is 1. The molecule has 2 atom stereocenters. The molecule has 0 rings (SSSR count). The highest BCUT2D eigenvalue weighted by atomic mass is 16.2. The maximum absolute atomic E-state index is 12.3. The summed E-state index contributed by atoms with van der Waals surface area (Å²) < 4.78 is 0. The highest BCUT2D eigenvalue weighted by Crippen LogP contribution is 2.18. The Morgan fingerprint density at radius 3 is 2.22 bits per heavy atom. The second-order valence-corrected chi connectivity index (χ2v) is 6.02. The summed E-state index contributed by atoms with van der Waals surface area (Å²) in [7, 11) is 0. The molecule has 2 N–H and O–H groups in total. The lowest BCUT2D eigenvalue weighted by Gasteiger charge is -2.34. The van der Waals surface area contributed by atoms with Gasteiger partial charge >= 0.3 is 0 Å². The molecule has 0 aromatic carbocycles. The average Bonchev–Trinajstić information content (AvgIpc) is 2.24. The summed E-state index contributed by atoms with van der Waals surface area (Å²) in [5.74, 6) is 0.643. The summed E-state index contributed by atoms with van der Waals surface area (Å²) in [6, 6.07) is 0.381. The van der Waals surface area contributed by atoms with E-state index in [4.69, 9.17) is 0 Å². The van der Waals surface area contributed by atoms with Crippen molar-refractivity contribution in [3.8, 4) is 0 Å². The van der Waals surface area contributed by atoms with Gasteiger partial charge in [-0.05, 0) is 39.0 Å². The molecule has 1 amide bonds. The van der Waals surface area contributed by atoms with Crippen molar-refractivity contribution < 1.29 is 4.79 Å². The first-order chi connectivity index (χ1) is 8.35. The summed E-state index contributed by atoms with van der Waals surface area (Å²) in [6.07, 6.45) is 4.10. The molecule has 0 saturated heterocycles. The molecule has 3 nitrogen and oxygen atoms in total. The molecule has 0 aliphatic heterocycles. The molecule has 3 heteroatoms. The predicted octanol–water partition coefficient (Wildman–Crippen LogP) is 3.10. The molecule has 0 aromatic rings. The van der Waals surface area contributed by atoms with Crippen LogP contribution in [0.2, 0.25) is 0 Å². The van der Waals surface area contributed by atoms with Crippen LogP contribution in [0.15, 0.2) is 0 Å². The third-order valence-corrected chi connectivity index (χ3v) is 3.14. The number of rotatable bonds is 9. The Balaban J connectivity index is 4.64. The molecule has 0 aromatic heterocycles. The van der Waals surface area contributed by atoms with Gasteiger partial charge in [-0.25, -0.2) is 0 Å². The largest absolute Gasteiger partial charge is 0.355 e. The highest BCUT2D eigenvalue weighted by Gasteiger charge is 2.34. The van der Waals surface area contributed by atoms with E-state index in [-0.39, 0.29) is 5.91 Å². The second-order valence-electron chi connectivity index (χ2n) is 6.02. The molecule has 18 heavy (non-hydrogen) atoms. The Bertz CT molecular complexity index is 241. The van der Waals surface area contributed by atoms with Gasteiger partial charge in [0, 0.05) is 12.6 Å². The van der Waals surface area contributed by atoms with E-state index in [1.165, 1.54) is 0 Å². The lowest BCUT2D eigenvalue weighted by molar-refractivity contribution is -0.128. The zero-order chi connectivity index (χ0) is 14.2. The third kappa shape index (κ3) is 6.39. The molecule has 0 saturated carbocycles. The van der Waals surface area contributed by atoms with Crippen LogP contribution in [0.3, 0.4) is 0 Å². The fourth-order valence-electron chi connectivity index (χ4n) is 2.52. The number of carbonyl (C=O) groups excluding carboxylic acids is 1. The van der Waals surface area contributed by atoms with E-state index >= 15 is 0 Å². The number of nitrogens with one attached hydrogen (secondary N) is 2. The molecule has 108 valence electrons. The monoisotopic (exact) mass is 256 g/mol. The van der Waals surface area contributed by atoms with Gasteiger partial charge in [0.05, 0.1) is 5.54 Å². The molecule has 0 aliphatic rings. The van der Waals surface area contributed by atoms with Gasteiger partial charge in [0.25, 0.3) is 0 Å². The van der Waals surface area contributed by atoms with Crippen molar-refractivity contribution in [2.24, 2.45) is 5.92 Å². The van der Waals surface area contributed by atoms with Gasteiger partial charge in [-0.1, -0.05) is 34.1 Å². The van der Waals surface area contributed by atoms with E-state index in [1.807, 2.05) is 6.92 Å². The standard InChI is InChI=1S/C15H32N2O/c1-7-9-13(5)17-15(6,11-12(3)4)14(18)16-10-8-2/h12-13,17H,7-11H2,1-6H3,(H,16,18). The van der Waals surface area contributed by atoms with Crippen LogP contribution in [0.1, 0.15) is 67.2 Å². The smallest absolute Gasteiger partial charge is 0.240 e. The van der Waals surface area contributed by atoms with E-state index in [0.717, 1.165) is 32.2 Å². The number of carbonyl (C=O) groups is 1. The minimum absolute atomic E-state index is 0.140. The Morgan fingerprint density at radius 1 is 1.17 bits per heavy atom. The van der Waals surface area contributed by atoms with Crippen molar-refractivity contribution in [2.75, 3.05) is 6.54 Å². The SMILES string of the molecule is CCCNC(=O)C(C)(CC(C)C)NC(C)CCC. The third-order valence-electron chi connectivity index (χ3n) is 3.14. The van der Waals surface area contributed by atoms with Gasteiger partial charge in [-0.15, -0.1) is 0 Å². The zero-order valence-corrected chi connectivity index (χ0v) is 13.1. The van der Waals surface area contributed by atoms with Gasteiger partial charge in [-0.3, -0.25) is 4.79 Å². The Kier molecular flexibility index (Phi) is 8.25. The molecule has 0 bridgehead atoms. The molecular weight excluding hydrogens is 224 g/mol. The van der Waals surface area contributed by atoms with Crippen LogP contribution in [0, 0.1) is 5.92 Å². The van der Waals surface area contributed by atoms with Crippen molar-refractivity contribution in [3.63, 3.8) is 0 Å². The van der Waals surface area contributed by atoms with E-state index < -0.39 is 5.54 Å². The first kappa shape index (κ1) is 17.4. The molecule has 0 radical (unpaired) electrons. The van der Waals surface area contributed by atoms with Crippen molar-refractivity contribution in [1.29, 1.82) is 0 Å². The molecular formula is C15H32N2O. The number of hydrogen-bond donors (Lipinski definition) is 2. The van der Waals surface area contributed by atoms with E-state index in [0.29, 0.717) is 12.0 Å². The Hall–Kier alpha value is -0.570. The van der Waals surface area contributed by atoms with Crippen LogP contribution in [0.5, 0.6) is 0 Å². The molecule has 0 heterocycles. The van der Waals surface area contributed by atoms with E-state index in [9.17, 15) is 4.79 Å². The van der Waals surface area contributed by atoms with Crippen molar-refractivity contribution in [2.45, 2.75) is 78.8 Å². The van der Waals surface area contributed by atoms with Crippen molar-refractivity contribution >= 4 is 5.91 Å². The summed E-state index contributed by atoms with van der Waals surface area (Å²) in [4.78, 5) is 12.3. The molecule has 0 aliphatic carbocycles. The summed E-state index contributed by atoms with van der Waals surface area (Å²) >= 11 is 0. The van der Waals surface area contributed by atoms with Crippen LogP contribution in [-0.2, 0) is 4.79 Å². The van der Waals surface area contributed by atoms with Crippen LogP contribution >= 0.6 is 0 Å². The zero-order valence-electron chi connectivity index (χ0n) is 13.1. The highest BCUT2D eigenvalue weighted by molar-refractivity contribution is 5.85. The van der Waals surface area contributed by atoms with E-state index in [2.05, 4.69) is 45.3 Å². The van der Waals surface area contributed by atoms with Gasteiger partial charge < -0.3 is 10.6 Å². The minimum atomic E-state index is -0.447. The lowest BCUT2D eigenvalue weighted by Crippen LogP contribution is -2.58. The second kappa shape index (κ2) is 8.52. The van der Waals surface area contributed by atoms with E-state index in [1.54, 1.807) is 0 Å². The molecule has 0 fully saturated rings. The van der Waals surface area contributed by atoms with Gasteiger partial charge in [-0.2, -0.15) is 0 Å². The Morgan fingerprint density at radius 2 is 1.78 bits per heavy atom. The van der Waals surface area contributed by atoms with Crippen molar-refractivity contribution in [1.82, 2.24) is 10.6 Å². The summed E-state index contributed by atoms with van der Waals surface area (Å²) in [5, 5.41) is 6.55. The van der Waals surface area contributed by atoms with Crippen LogP contribution < -0.4 is 10.6 Å². The van der Waals surface area contributed by atoms with Crippen LogP contribution in [0.25, 0.3) is 0 Å². The first-order valence-electron chi connectivity index (χ1n) is 7.41. The minimum Gasteiger partial charge on any atom is -0.355 e. The topological polar surface area (TPSA) is 41.1 Å².